The molecule has 0 bridgehead atoms. The number of hydrogen-bond donors (Lipinski definition) is 0. The van der Waals surface area contributed by atoms with Crippen LogP contribution in [0.25, 0.3) is 0 Å². The molecule has 1 fully saturated rings. The van der Waals surface area contributed by atoms with Gasteiger partial charge in [0, 0.05) is 45.7 Å². The van der Waals surface area contributed by atoms with Crippen LogP contribution in [-0.4, -0.2) is 54.9 Å². The van der Waals surface area contributed by atoms with E-state index in [4.69, 9.17) is 9.47 Å². The molecule has 1 atom stereocenters. The van der Waals surface area contributed by atoms with Gasteiger partial charge in [-0.1, -0.05) is 30.3 Å². The van der Waals surface area contributed by atoms with Crippen LogP contribution in [0.2, 0.25) is 0 Å². The first-order chi connectivity index (χ1) is 12.7. The van der Waals surface area contributed by atoms with E-state index in [9.17, 15) is 4.79 Å². The van der Waals surface area contributed by atoms with Gasteiger partial charge in [-0.2, -0.15) is 0 Å². The molecule has 1 aromatic heterocycles. The molecule has 0 spiro atoms. The summed E-state index contributed by atoms with van der Waals surface area (Å²) >= 11 is 0. The number of ether oxygens (including phenoxy) is 2. The average molecular weight is 356 g/mol. The molecule has 1 aliphatic rings. The Balaban J connectivity index is 1.53. The maximum Gasteiger partial charge on any atom is 0.270 e. The molecule has 2 aromatic rings. The fourth-order valence-electron chi connectivity index (χ4n) is 3.34. The minimum Gasteiger partial charge on any atom is -0.385 e. The van der Waals surface area contributed by atoms with E-state index in [0.29, 0.717) is 26.3 Å². The zero-order valence-corrected chi connectivity index (χ0v) is 15.6. The standard InChI is InChI=1S/C21H28N2O3/c1-17(14-18-8-4-3-5-9-18)23-11-6-10-20(23)21(24)22-15-19(16-22)26-13-7-12-25-2/h3-6,8-11,17,19H,7,12-16H2,1-2H3. The molecule has 140 valence electrons. The van der Waals surface area contributed by atoms with Gasteiger partial charge in [0.2, 0.25) is 0 Å². The summed E-state index contributed by atoms with van der Waals surface area (Å²) in [4.78, 5) is 14.7. The quantitative estimate of drug-likeness (QED) is 0.648. The molecule has 26 heavy (non-hydrogen) atoms. The summed E-state index contributed by atoms with van der Waals surface area (Å²) in [7, 11) is 1.69. The SMILES string of the molecule is COCCCOC1CN(C(=O)c2cccn2C(C)Cc2ccccc2)C1. The topological polar surface area (TPSA) is 43.7 Å². The van der Waals surface area contributed by atoms with Crippen LogP contribution in [0, 0.1) is 0 Å². The lowest BCUT2D eigenvalue weighted by atomic mass is 10.1. The lowest BCUT2D eigenvalue weighted by molar-refractivity contribution is -0.0468. The van der Waals surface area contributed by atoms with Gasteiger partial charge >= 0.3 is 0 Å². The Morgan fingerprint density at radius 1 is 1.15 bits per heavy atom. The second-order valence-corrected chi connectivity index (χ2v) is 6.89. The second kappa shape index (κ2) is 9.01. The van der Waals surface area contributed by atoms with Gasteiger partial charge in [0.25, 0.3) is 5.91 Å². The summed E-state index contributed by atoms with van der Waals surface area (Å²) in [5.41, 5.74) is 2.03. The van der Waals surface area contributed by atoms with E-state index < -0.39 is 0 Å². The predicted molar refractivity (Wildman–Crippen MR) is 101 cm³/mol. The number of carbonyl (C=O) groups excluding carboxylic acids is 1. The highest BCUT2D eigenvalue weighted by Gasteiger charge is 2.33. The molecule has 1 unspecified atom stereocenters. The van der Waals surface area contributed by atoms with Crippen LogP contribution in [0.4, 0.5) is 0 Å². The number of aromatic nitrogens is 1. The summed E-state index contributed by atoms with van der Waals surface area (Å²) < 4.78 is 12.9. The van der Waals surface area contributed by atoms with E-state index in [0.717, 1.165) is 18.5 Å². The second-order valence-electron chi connectivity index (χ2n) is 6.89. The smallest absolute Gasteiger partial charge is 0.270 e. The van der Waals surface area contributed by atoms with Crippen molar-refractivity contribution in [2.24, 2.45) is 0 Å². The van der Waals surface area contributed by atoms with Crippen LogP contribution in [0.5, 0.6) is 0 Å². The van der Waals surface area contributed by atoms with Gasteiger partial charge in [-0.05, 0) is 37.5 Å². The lowest BCUT2D eigenvalue weighted by Gasteiger charge is -2.39. The van der Waals surface area contributed by atoms with Crippen molar-refractivity contribution in [3.05, 3.63) is 59.9 Å². The van der Waals surface area contributed by atoms with Crippen LogP contribution in [0.15, 0.2) is 48.7 Å². The van der Waals surface area contributed by atoms with Crippen molar-refractivity contribution in [2.75, 3.05) is 33.4 Å². The predicted octanol–water partition coefficient (Wildman–Crippen LogP) is 3.17. The van der Waals surface area contributed by atoms with Gasteiger partial charge < -0.3 is 18.9 Å². The van der Waals surface area contributed by atoms with Gasteiger partial charge in [0.15, 0.2) is 0 Å². The van der Waals surface area contributed by atoms with Crippen molar-refractivity contribution in [3.63, 3.8) is 0 Å². The molecule has 0 radical (unpaired) electrons. The highest BCUT2D eigenvalue weighted by molar-refractivity contribution is 5.93. The molecule has 3 rings (SSSR count). The molecule has 0 saturated carbocycles. The Morgan fingerprint density at radius 3 is 2.65 bits per heavy atom. The van der Waals surface area contributed by atoms with Crippen molar-refractivity contribution >= 4 is 5.91 Å². The molecular weight excluding hydrogens is 328 g/mol. The number of likely N-dealkylation sites (tertiary alicyclic amines) is 1. The maximum absolute atomic E-state index is 12.8. The third kappa shape index (κ3) is 4.54. The highest BCUT2D eigenvalue weighted by Crippen LogP contribution is 2.21. The summed E-state index contributed by atoms with van der Waals surface area (Å²) in [6.45, 7) is 4.89. The Kier molecular flexibility index (Phi) is 6.47. The molecular formula is C21H28N2O3. The van der Waals surface area contributed by atoms with Crippen LogP contribution >= 0.6 is 0 Å². The maximum atomic E-state index is 12.8. The summed E-state index contributed by atoms with van der Waals surface area (Å²) in [6, 6.07) is 14.5. The van der Waals surface area contributed by atoms with Gasteiger partial charge in [0.1, 0.15) is 5.69 Å². The third-order valence-corrected chi connectivity index (χ3v) is 4.83. The van der Waals surface area contributed by atoms with Crippen LogP contribution in [0.3, 0.4) is 0 Å². The molecule has 1 aliphatic heterocycles. The Labute approximate surface area is 155 Å². The van der Waals surface area contributed by atoms with Crippen molar-refractivity contribution in [3.8, 4) is 0 Å². The number of carbonyl (C=O) groups is 1. The normalized spacial score (nSPS) is 15.7. The third-order valence-electron chi connectivity index (χ3n) is 4.83. The lowest BCUT2D eigenvalue weighted by Crippen LogP contribution is -2.55. The number of amides is 1. The molecule has 5 heteroatoms. The van der Waals surface area contributed by atoms with Crippen molar-refractivity contribution in [1.29, 1.82) is 0 Å². The van der Waals surface area contributed by atoms with Crippen molar-refractivity contribution in [2.45, 2.75) is 31.9 Å². The minimum atomic E-state index is 0.0895. The molecule has 0 N–H and O–H groups in total. The first-order valence-corrected chi connectivity index (χ1v) is 9.29. The number of benzene rings is 1. The Bertz CT molecular complexity index is 692. The monoisotopic (exact) mass is 356 g/mol. The summed E-state index contributed by atoms with van der Waals surface area (Å²) in [5, 5.41) is 0. The van der Waals surface area contributed by atoms with E-state index in [1.54, 1.807) is 7.11 Å². The zero-order valence-electron chi connectivity index (χ0n) is 15.6. The first-order valence-electron chi connectivity index (χ1n) is 9.29. The van der Waals surface area contributed by atoms with Crippen LogP contribution in [-0.2, 0) is 15.9 Å². The average Bonchev–Trinajstić information content (AvgIpc) is 3.10. The van der Waals surface area contributed by atoms with Gasteiger partial charge in [-0.3, -0.25) is 4.79 Å². The van der Waals surface area contributed by atoms with E-state index in [2.05, 4.69) is 35.8 Å². The molecule has 5 nitrogen and oxygen atoms in total. The summed E-state index contributed by atoms with van der Waals surface area (Å²) in [5.74, 6) is 0.0895. The van der Waals surface area contributed by atoms with Gasteiger partial charge in [-0.15, -0.1) is 0 Å². The fraction of sp³-hybridized carbons (Fsp3) is 0.476. The molecule has 1 saturated heterocycles. The highest BCUT2D eigenvalue weighted by atomic mass is 16.5. The number of hydrogen-bond acceptors (Lipinski definition) is 3. The van der Waals surface area contributed by atoms with E-state index in [-0.39, 0.29) is 18.1 Å². The first kappa shape index (κ1) is 18.7. The Morgan fingerprint density at radius 2 is 1.92 bits per heavy atom. The fourth-order valence-corrected chi connectivity index (χ4v) is 3.34. The van der Waals surface area contributed by atoms with Crippen LogP contribution in [0.1, 0.15) is 35.4 Å². The number of rotatable bonds is 9. The Hall–Kier alpha value is -2.11. The number of nitrogens with zero attached hydrogens (tertiary/aromatic N) is 2. The van der Waals surface area contributed by atoms with Gasteiger partial charge in [-0.25, -0.2) is 0 Å². The van der Waals surface area contributed by atoms with E-state index in [1.807, 2.05) is 29.3 Å². The molecule has 2 heterocycles. The van der Waals surface area contributed by atoms with Crippen LogP contribution < -0.4 is 0 Å². The van der Waals surface area contributed by atoms with Crippen molar-refractivity contribution in [1.82, 2.24) is 9.47 Å². The molecule has 0 aliphatic carbocycles. The van der Waals surface area contributed by atoms with Crippen molar-refractivity contribution < 1.29 is 14.3 Å². The molecule has 1 aromatic carbocycles. The van der Waals surface area contributed by atoms with E-state index >= 15 is 0 Å². The van der Waals surface area contributed by atoms with E-state index in [1.165, 1.54) is 5.56 Å². The zero-order chi connectivity index (χ0) is 18.4. The van der Waals surface area contributed by atoms with Gasteiger partial charge in [0.05, 0.1) is 6.10 Å². The number of methoxy groups -OCH3 is 1. The molecule has 1 amide bonds. The summed E-state index contributed by atoms with van der Waals surface area (Å²) in [6.07, 6.45) is 3.95. The largest absolute Gasteiger partial charge is 0.385 e. The minimum absolute atomic E-state index is 0.0895.